The zero-order chi connectivity index (χ0) is 12.0. The Bertz CT molecular complexity index is 214. The maximum Gasteiger partial charge on any atom is 0.0986 e. The highest BCUT2D eigenvalue weighted by molar-refractivity contribution is 5.01. The number of hydrogen-bond acceptors (Lipinski definition) is 3. The van der Waals surface area contributed by atoms with Gasteiger partial charge < -0.3 is 14.6 Å². The van der Waals surface area contributed by atoms with Crippen molar-refractivity contribution in [1.29, 1.82) is 0 Å². The normalized spacial score (nSPS) is 21.7. The second kappa shape index (κ2) is 6.38. The fourth-order valence-electron chi connectivity index (χ4n) is 2.18. The molecule has 1 aliphatic heterocycles. The van der Waals surface area contributed by atoms with Crippen LogP contribution in [0.1, 0.15) is 39.5 Å². The molecule has 0 aromatic heterocycles. The molecule has 0 amide bonds. The van der Waals surface area contributed by atoms with Gasteiger partial charge in [0, 0.05) is 32.7 Å². The zero-order valence-corrected chi connectivity index (χ0v) is 10.5. The van der Waals surface area contributed by atoms with Gasteiger partial charge in [0.2, 0.25) is 0 Å². The molecule has 0 radical (unpaired) electrons. The van der Waals surface area contributed by atoms with Crippen LogP contribution in [0.25, 0.3) is 0 Å². The molecular formula is C13H24O3. The minimum absolute atomic E-state index is 0.412. The Morgan fingerprint density at radius 2 is 2.06 bits per heavy atom. The highest BCUT2D eigenvalue weighted by Crippen LogP contribution is 2.32. The summed E-state index contributed by atoms with van der Waals surface area (Å²) in [5, 5.41) is 10.3. The maximum atomic E-state index is 10.3. The summed E-state index contributed by atoms with van der Waals surface area (Å²) in [4.78, 5) is 0. The molecule has 94 valence electrons. The van der Waals surface area contributed by atoms with E-state index in [1.54, 1.807) is 0 Å². The predicted octanol–water partition coefficient (Wildman–Crippen LogP) is 2.29. The third kappa shape index (κ3) is 3.30. The quantitative estimate of drug-likeness (QED) is 0.709. The van der Waals surface area contributed by atoms with Crippen molar-refractivity contribution in [3.8, 4) is 0 Å². The summed E-state index contributed by atoms with van der Waals surface area (Å²) in [6, 6.07) is 0. The molecule has 3 nitrogen and oxygen atoms in total. The van der Waals surface area contributed by atoms with Gasteiger partial charge in [0.25, 0.3) is 0 Å². The standard InChI is InChI=1S/C13H24O3/c1-4-11(3)10-12(14)13(16-5-2)6-8-15-9-7-13/h12,14H,3-10H2,1-2H3. The van der Waals surface area contributed by atoms with Crippen LogP contribution in [0, 0.1) is 0 Å². The van der Waals surface area contributed by atoms with Crippen molar-refractivity contribution in [1.82, 2.24) is 0 Å². The van der Waals surface area contributed by atoms with Crippen LogP contribution in [0.2, 0.25) is 0 Å². The van der Waals surface area contributed by atoms with Crippen LogP contribution in [-0.2, 0) is 9.47 Å². The molecule has 1 rings (SSSR count). The van der Waals surface area contributed by atoms with Gasteiger partial charge in [0.1, 0.15) is 0 Å². The Hall–Kier alpha value is -0.380. The topological polar surface area (TPSA) is 38.7 Å². The van der Waals surface area contributed by atoms with E-state index in [0.717, 1.165) is 24.8 Å². The Kier molecular flexibility index (Phi) is 5.46. The van der Waals surface area contributed by atoms with Gasteiger partial charge in [0.05, 0.1) is 11.7 Å². The highest BCUT2D eigenvalue weighted by atomic mass is 16.5. The van der Waals surface area contributed by atoms with Gasteiger partial charge >= 0.3 is 0 Å². The number of rotatable bonds is 6. The van der Waals surface area contributed by atoms with Gasteiger partial charge in [-0.15, -0.1) is 0 Å². The molecule has 0 spiro atoms. The van der Waals surface area contributed by atoms with Crippen molar-refractivity contribution in [2.24, 2.45) is 0 Å². The lowest BCUT2D eigenvalue weighted by Crippen LogP contribution is -2.49. The molecule has 1 fully saturated rings. The van der Waals surface area contributed by atoms with E-state index < -0.39 is 11.7 Å². The van der Waals surface area contributed by atoms with E-state index >= 15 is 0 Å². The Balaban J connectivity index is 2.63. The van der Waals surface area contributed by atoms with Gasteiger partial charge in [-0.05, 0) is 19.8 Å². The molecule has 1 atom stereocenters. The Morgan fingerprint density at radius 1 is 1.44 bits per heavy atom. The fraction of sp³-hybridized carbons (Fsp3) is 0.846. The minimum Gasteiger partial charge on any atom is -0.390 e. The van der Waals surface area contributed by atoms with E-state index in [-0.39, 0.29) is 0 Å². The van der Waals surface area contributed by atoms with Crippen LogP contribution in [0.15, 0.2) is 12.2 Å². The molecular weight excluding hydrogens is 204 g/mol. The third-order valence-electron chi connectivity index (χ3n) is 3.36. The first-order chi connectivity index (χ1) is 7.64. The summed E-state index contributed by atoms with van der Waals surface area (Å²) >= 11 is 0. The highest BCUT2D eigenvalue weighted by Gasteiger charge is 2.40. The first kappa shape index (κ1) is 13.7. The smallest absolute Gasteiger partial charge is 0.0986 e. The second-order valence-corrected chi connectivity index (χ2v) is 4.43. The molecule has 0 aliphatic carbocycles. The Morgan fingerprint density at radius 3 is 2.56 bits per heavy atom. The molecule has 1 N–H and O–H groups in total. The molecule has 16 heavy (non-hydrogen) atoms. The van der Waals surface area contributed by atoms with Crippen molar-refractivity contribution in [3.63, 3.8) is 0 Å². The zero-order valence-electron chi connectivity index (χ0n) is 10.5. The monoisotopic (exact) mass is 228 g/mol. The third-order valence-corrected chi connectivity index (χ3v) is 3.36. The van der Waals surface area contributed by atoms with Crippen LogP contribution >= 0.6 is 0 Å². The van der Waals surface area contributed by atoms with Crippen LogP contribution in [-0.4, -0.2) is 36.6 Å². The van der Waals surface area contributed by atoms with Crippen LogP contribution in [0.3, 0.4) is 0 Å². The van der Waals surface area contributed by atoms with E-state index in [9.17, 15) is 5.11 Å². The molecule has 0 aromatic carbocycles. The summed E-state index contributed by atoms with van der Waals surface area (Å²) in [7, 11) is 0. The molecule has 0 bridgehead atoms. The molecule has 1 heterocycles. The summed E-state index contributed by atoms with van der Waals surface area (Å²) in [5.74, 6) is 0. The van der Waals surface area contributed by atoms with Crippen molar-refractivity contribution in [3.05, 3.63) is 12.2 Å². The van der Waals surface area contributed by atoms with Gasteiger partial charge in [-0.2, -0.15) is 0 Å². The van der Waals surface area contributed by atoms with E-state index in [1.807, 2.05) is 6.92 Å². The van der Waals surface area contributed by atoms with Crippen LogP contribution in [0.5, 0.6) is 0 Å². The van der Waals surface area contributed by atoms with Gasteiger partial charge in [-0.25, -0.2) is 0 Å². The van der Waals surface area contributed by atoms with E-state index in [4.69, 9.17) is 9.47 Å². The maximum absolute atomic E-state index is 10.3. The first-order valence-electron chi connectivity index (χ1n) is 6.21. The summed E-state index contributed by atoms with van der Waals surface area (Å²) in [5.41, 5.74) is 0.670. The SMILES string of the molecule is C=C(CC)CC(O)C1(OCC)CCOCC1. The Labute approximate surface area is 98.4 Å². The summed E-state index contributed by atoms with van der Waals surface area (Å²) < 4.78 is 11.1. The van der Waals surface area contributed by atoms with Crippen molar-refractivity contribution >= 4 is 0 Å². The summed E-state index contributed by atoms with van der Waals surface area (Å²) in [6.45, 7) is 9.97. The molecule has 1 unspecified atom stereocenters. The fourth-order valence-corrected chi connectivity index (χ4v) is 2.18. The lowest BCUT2D eigenvalue weighted by Gasteiger charge is -2.40. The van der Waals surface area contributed by atoms with Gasteiger partial charge in [-0.3, -0.25) is 0 Å². The van der Waals surface area contributed by atoms with E-state index in [1.165, 1.54) is 0 Å². The molecule has 1 saturated heterocycles. The van der Waals surface area contributed by atoms with Crippen LogP contribution in [0.4, 0.5) is 0 Å². The number of hydrogen-bond donors (Lipinski definition) is 1. The average Bonchev–Trinajstić information content (AvgIpc) is 2.30. The average molecular weight is 228 g/mol. The molecule has 1 aliphatic rings. The number of aliphatic hydroxyl groups excluding tert-OH is 1. The van der Waals surface area contributed by atoms with Gasteiger partial charge in [-0.1, -0.05) is 19.1 Å². The predicted molar refractivity (Wildman–Crippen MR) is 64.5 cm³/mol. The largest absolute Gasteiger partial charge is 0.390 e. The lowest BCUT2D eigenvalue weighted by atomic mass is 9.84. The molecule has 3 heteroatoms. The van der Waals surface area contributed by atoms with Crippen molar-refractivity contribution < 1.29 is 14.6 Å². The first-order valence-corrected chi connectivity index (χ1v) is 6.21. The minimum atomic E-state index is -0.455. The second-order valence-electron chi connectivity index (χ2n) is 4.43. The van der Waals surface area contributed by atoms with Crippen molar-refractivity contribution in [2.45, 2.75) is 51.2 Å². The van der Waals surface area contributed by atoms with E-state index in [0.29, 0.717) is 26.2 Å². The van der Waals surface area contributed by atoms with E-state index in [2.05, 4.69) is 13.5 Å². The summed E-state index contributed by atoms with van der Waals surface area (Å²) in [6.07, 6.45) is 2.65. The van der Waals surface area contributed by atoms with Crippen molar-refractivity contribution in [2.75, 3.05) is 19.8 Å². The van der Waals surface area contributed by atoms with Gasteiger partial charge in [0.15, 0.2) is 0 Å². The lowest BCUT2D eigenvalue weighted by molar-refractivity contribution is -0.165. The number of aliphatic hydroxyl groups is 1. The molecule has 0 saturated carbocycles. The number of ether oxygens (including phenoxy) is 2. The van der Waals surface area contributed by atoms with Crippen LogP contribution < -0.4 is 0 Å². The molecule has 0 aromatic rings.